The molecule has 1 heteroatoms. The lowest BCUT2D eigenvalue weighted by Gasteiger charge is -2.29. The van der Waals surface area contributed by atoms with E-state index < -0.39 is 0 Å². The van der Waals surface area contributed by atoms with Crippen molar-refractivity contribution >= 4 is 11.6 Å². The Kier molecular flexibility index (Phi) is 4.50. The third-order valence-corrected chi connectivity index (χ3v) is 4.50. The monoisotopic (exact) mass is 250 g/mol. The first kappa shape index (κ1) is 13.0. The topological polar surface area (TPSA) is 0 Å². The Balaban J connectivity index is 1.95. The summed E-state index contributed by atoms with van der Waals surface area (Å²) in [5, 5.41) is 0.243. The molecule has 0 saturated carbocycles. The van der Waals surface area contributed by atoms with Crippen LogP contribution in [0.2, 0.25) is 0 Å². The number of alkyl halides is 1. The largest absolute Gasteiger partial charge is 0.118 e. The van der Waals surface area contributed by atoms with Gasteiger partial charge in [-0.3, -0.25) is 0 Å². The molecule has 0 bridgehead atoms. The van der Waals surface area contributed by atoms with Crippen LogP contribution in [0.15, 0.2) is 24.3 Å². The van der Waals surface area contributed by atoms with E-state index in [1.54, 1.807) is 0 Å². The molecule has 0 amide bonds. The van der Waals surface area contributed by atoms with Crippen LogP contribution < -0.4 is 0 Å². The third-order valence-electron chi connectivity index (χ3n) is 3.91. The SMILES string of the molecule is CC(C)CCCC1CCc2ccccc2C1Cl. The van der Waals surface area contributed by atoms with E-state index >= 15 is 0 Å². The summed E-state index contributed by atoms with van der Waals surface area (Å²) in [4.78, 5) is 0. The van der Waals surface area contributed by atoms with Gasteiger partial charge < -0.3 is 0 Å². The van der Waals surface area contributed by atoms with Crippen molar-refractivity contribution in [2.24, 2.45) is 11.8 Å². The number of fused-ring (bicyclic) bond motifs is 1. The lowest BCUT2D eigenvalue weighted by atomic mass is 9.80. The smallest absolute Gasteiger partial charge is 0.0616 e. The second-order valence-electron chi connectivity index (χ2n) is 5.72. The van der Waals surface area contributed by atoms with Crippen LogP contribution in [-0.2, 0) is 6.42 Å². The second kappa shape index (κ2) is 5.91. The zero-order valence-corrected chi connectivity index (χ0v) is 11.7. The van der Waals surface area contributed by atoms with Crippen molar-refractivity contribution in [3.8, 4) is 0 Å². The molecule has 0 spiro atoms. The van der Waals surface area contributed by atoms with E-state index in [4.69, 9.17) is 11.6 Å². The number of benzene rings is 1. The molecule has 1 aromatic rings. The molecule has 94 valence electrons. The number of hydrogen-bond acceptors (Lipinski definition) is 0. The van der Waals surface area contributed by atoms with Gasteiger partial charge in [-0.25, -0.2) is 0 Å². The molecular formula is C16H23Cl. The van der Waals surface area contributed by atoms with Crippen LogP contribution in [0.4, 0.5) is 0 Å². The number of halogens is 1. The van der Waals surface area contributed by atoms with E-state index in [0.717, 1.165) is 5.92 Å². The molecule has 0 heterocycles. The average molecular weight is 251 g/mol. The number of rotatable bonds is 4. The summed E-state index contributed by atoms with van der Waals surface area (Å²) >= 11 is 6.63. The van der Waals surface area contributed by atoms with Gasteiger partial charge in [0.05, 0.1) is 5.38 Å². The van der Waals surface area contributed by atoms with Crippen molar-refractivity contribution in [1.82, 2.24) is 0 Å². The van der Waals surface area contributed by atoms with E-state index in [1.165, 1.54) is 43.2 Å². The van der Waals surface area contributed by atoms with Gasteiger partial charge in [0.25, 0.3) is 0 Å². The Morgan fingerprint density at radius 2 is 2.06 bits per heavy atom. The number of aryl methyl sites for hydroxylation is 1. The fourth-order valence-electron chi connectivity index (χ4n) is 2.85. The van der Waals surface area contributed by atoms with Crippen LogP contribution in [0.25, 0.3) is 0 Å². The maximum atomic E-state index is 6.63. The summed E-state index contributed by atoms with van der Waals surface area (Å²) in [6, 6.07) is 8.68. The van der Waals surface area contributed by atoms with Crippen molar-refractivity contribution in [3.05, 3.63) is 35.4 Å². The van der Waals surface area contributed by atoms with Gasteiger partial charge >= 0.3 is 0 Å². The molecule has 0 radical (unpaired) electrons. The standard InChI is InChI=1S/C16H23Cl/c1-12(2)6-5-8-14-11-10-13-7-3-4-9-15(13)16(14)17/h3-4,7,9,12,14,16H,5-6,8,10-11H2,1-2H3. The lowest BCUT2D eigenvalue weighted by molar-refractivity contribution is 0.383. The summed E-state index contributed by atoms with van der Waals surface area (Å²) < 4.78 is 0. The van der Waals surface area contributed by atoms with E-state index in [-0.39, 0.29) is 5.38 Å². The maximum Gasteiger partial charge on any atom is 0.0616 e. The molecule has 2 unspecified atom stereocenters. The summed E-state index contributed by atoms with van der Waals surface area (Å²) in [6.07, 6.45) is 6.44. The third kappa shape index (κ3) is 3.25. The van der Waals surface area contributed by atoms with Gasteiger partial charge in [-0.2, -0.15) is 0 Å². The first-order valence-corrected chi connectivity index (χ1v) is 7.34. The van der Waals surface area contributed by atoms with Gasteiger partial charge in [0.2, 0.25) is 0 Å². The zero-order valence-electron chi connectivity index (χ0n) is 11.0. The Labute approximate surface area is 110 Å². The highest BCUT2D eigenvalue weighted by molar-refractivity contribution is 6.21. The fourth-order valence-corrected chi connectivity index (χ4v) is 3.32. The van der Waals surface area contributed by atoms with Crippen molar-refractivity contribution in [2.75, 3.05) is 0 Å². The van der Waals surface area contributed by atoms with Crippen LogP contribution in [0, 0.1) is 11.8 Å². The molecule has 0 aromatic heterocycles. The van der Waals surface area contributed by atoms with Gasteiger partial charge in [0, 0.05) is 0 Å². The van der Waals surface area contributed by atoms with E-state index in [2.05, 4.69) is 38.1 Å². The highest BCUT2D eigenvalue weighted by Gasteiger charge is 2.26. The van der Waals surface area contributed by atoms with Gasteiger partial charge in [0.1, 0.15) is 0 Å². The highest BCUT2D eigenvalue weighted by atomic mass is 35.5. The first-order valence-electron chi connectivity index (χ1n) is 6.90. The van der Waals surface area contributed by atoms with E-state index in [0.29, 0.717) is 5.92 Å². The summed E-state index contributed by atoms with van der Waals surface area (Å²) in [5.41, 5.74) is 2.85. The second-order valence-corrected chi connectivity index (χ2v) is 6.19. The molecule has 0 aliphatic heterocycles. The fraction of sp³-hybridized carbons (Fsp3) is 0.625. The Bertz CT molecular complexity index is 356. The highest BCUT2D eigenvalue weighted by Crippen LogP contribution is 2.41. The molecule has 2 atom stereocenters. The van der Waals surface area contributed by atoms with Crippen molar-refractivity contribution < 1.29 is 0 Å². The zero-order chi connectivity index (χ0) is 12.3. The molecule has 0 nitrogen and oxygen atoms in total. The Morgan fingerprint density at radius 3 is 2.82 bits per heavy atom. The van der Waals surface area contributed by atoms with Gasteiger partial charge in [0.15, 0.2) is 0 Å². The summed E-state index contributed by atoms with van der Waals surface area (Å²) in [7, 11) is 0. The van der Waals surface area contributed by atoms with E-state index in [1.807, 2.05) is 0 Å². The normalized spacial score (nSPS) is 23.8. The van der Waals surface area contributed by atoms with Gasteiger partial charge in [-0.1, -0.05) is 51.0 Å². The minimum Gasteiger partial charge on any atom is -0.118 e. The van der Waals surface area contributed by atoms with E-state index in [9.17, 15) is 0 Å². The Morgan fingerprint density at radius 1 is 1.29 bits per heavy atom. The van der Waals surface area contributed by atoms with Crippen LogP contribution in [0.5, 0.6) is 0 Å². The predicted molar refractivity (Wildman–Crippen MR) is 75.5 cm³/mol. The summed E-state index contributed by atoms with van der Waals surface area (Å²) in [6.45, 7) is 4.60. The van der Waals surface area contributed by atoms with Crippen molar-refractivity contribution in [3.63, 3.8) is 0 Å². The average Bonchev–Trinajstić information content (AvgIpc) is 2.32. The molecule has 1 aromatic carbocycles. The molecule has 1 aliphatic rings. The molecular weight excluding hydrogens is 228 g/mol. The molecule has 1 aliphatic carbocycles. The molecule has 17 heavy (non-hydrogen) atoms. The minimum atomic E-state index is 0.243. The maximum absolute atomic E-state index is 6.63. The molecule has 0 saturated heterocycles. The molecule has 0 N–H and O–H groups in total. The van der Waals surface area contributed by atoms with Crippen molar-refractivity contribution in [2.45, 2.75) is 51.3 Å². The van der Waals surface area contributed by atoms with Gasteiger partial charge in [-0.15, -0.1) is 11.6 Å². The van der Waals surface area contributed by atoms with Crippen LogP contribution in [0.3, 0.4) is 0 Å². The Hall–Kier alpha value is -0.490. The predicted octanol–water partition coefficient (Wildman–Crippen LogP) is 5.36. The minimum absolute atomic E-state index is 0.243. The van der Waals surface area contributed by atoms with Gasteiger partial charge in [-0.05, 0) is 42.2 Å². The first-order chi connectivity index (χ1) is 8.18. The molecule has 2 rings (SSSR count). The number of hydrogen-bond donors (Lipinski definition) is 0. The summed E-state index contributed by atoms with van der Waals surface area (Å²) in [5.74, 6) is 1.50. The van der Waals surface area contributed by atoms with Crippen LogP contribution in [-0.4, -0.2) is 0 Å². The molecule has 0 fully saturated rings. The lowest BCUT2D eigenvalue weighted by Crippen LogP contribution is -2.17. The van der Waals surface area contributed by atoms with Crippen molar-refractivity contribution in [1.29, 1.82) is 0 Å². The van der Waals surface area contributed by atoms with Crippen LogP contribution >= 0.6 is 11.6 Å². The quantitative estimate of drug-likeness (QED) is 0.632. The van der Waals surface area contributed by atoms with Crippen LogP contribution in [0.1, 0.15) is 56.0 Å².